The molecule has 16 heavy (non-hydrogen) atoms. The Morgan fingerprint density at radius 1 is 1.19 bits per heavy atom. The van der Waals surface area contributed by atoms with Crippen molar-refractivity contribution in [3.63, 3.8) is 0 Å². The second-order valence-electron chi connectivity index (χ2n) is 4.32. The lowest BCUT2D eigenvalue weighted by molar-refractivity contribution is 0.576. The predicted molar refractivity (Wildman–Crippen MR) is 70.3 cm³/mol. The van der Waals surface area contributed by atoms with Crippen LogP contribution < -0.4 is 10.6 Å². The van der Waals surface area contributed by atoms with Gasteiger partial charge in [0.05, 0.1) is 0 Å². The molecule has 1 aromatic rings. The van der Waals surface area contributed by atoms with E-state index in [1.807, 2.05) is 12.1 Å². The predicted octanol–water partition coefficient (Wildman–Crippen LogP) is 2.83. The fourth-order valence-electron chi connectivity index (χ4n) is 2.37. The van der Waals surface area contributed by atoms with Gasteiger partial charge in [0, 0.05) is 23.8 Å². The fraction of sp³-hybridized carbons (Fsp3) is 0.538. The van der Waals surface area contributed by atoms with Crippen molar-refractivity contribution in [3.05, 3.63) is 28.8 Å². The molecule has 1 aromatic carbocycles. The molecule has 0 unspecified atom stereocenters. The van der Waals surface area contributed by atoms with E-state index in [1.54, 1.807) is 0 Å². The second-order valence-corrected chi connectivity index (χ2v) is 4.73. The second kappa shape index (κ2) is 5.55. The van der Waals surface area contributed by atoms with E-state index in [4.69, 9.17) is 17.3 Å². The van der Waals surface area contributed by atoms with E-state index >= 15 is 0 Å². The SMILES string of the molecule is NCCc1c(Cl)cccc1N1CCCCC1. The molecular formula is C13H19ClN2. The minimum absolute atomic E-state index is 0.657. The van der Waals surface area contributed by atoms with Crippen LogP contribution in [0.25, 0.3) is 0 Å². The standard InChI is InChI=1S/C13H19ClN2/c14-12-5-4-6-13(11(12)7-8-15)16-9-2-1-3-10-16/h4-6H,1-3,7-10,15H2. The highest BCUT2D eigenvalue weighted by molar-refractivity contribution is 6.31. The largest absolute Gasteiger partial charge is 0.371 e. The van der Waals surface area contributed by atoms with Crippen molar-refractivity contribution in [2.75, 3.05) is 24.5 Å². The van der Waals surface area contributed by atoms with Crippen molar-refractivity contribution >= 4 is 17.3 Å². The molecule has 1 heterocycles. The number of anilines is 1. The Hall–Kier alpha value is -0.730. The molecule has 1 saturated heterocycles. The minimum atomic E-state index is 0.657. The third-order valence-electron chi connectivity index (χ3n) is 3.19. The number of halogens is 1. The van der Waals surface area contributed by atoms with Gasteiger partial charge in [0.15, 0.2) is 0 Å². The zero-order chi connectivity index (χ0) is 11.4. The minimum Gasteiger partial charge on any atom is -0.371 e. The summed E-state index contributed by atoms with van der Waals surface area (Å²) in [7, 11) is 0. The van der Waals surface area contributed by atoms with Gasteiger partial charge < -0.3 is 10.6 Å². The summed E-state index contributed by atoms with van der Waals surface area (Å²) in [5, 5.41) is 0.855. The van der Waals surface area contributed by atoms with Gasteiger partial charge in [-0.15, -0.1) is 0 Å². The molecule has 1 aliphatic rings. The maximum absolute atomic E-state index is 6.25. The van der Waals surface area contributed by atoms with E-state index < -0.39 is 0 Å². The lowest BCUT2D eigenvalue weighted by Crippen LogP contribution is -2.30. The number of nitrogens with two attached hydrogens (primary N) is 1. The molecule has 0 aliphatic carbocycles. The zero-order valence-electron chi connectivity index (χ0n) is 9.58. The highest BCUT2D eigenvalue weighted by Crippen LogP contribution is 2.29. The molecule has 2 N–H and O–H groups in total. The number of nitrogens with zero attached hydrogens (tertiary/aromatic N) is 1. The number of hydrogen-bond acceptors (Lipinski definition) is 2. The average molecular weight is 239 g/mol. The van der Waals surface area contributed by atoms with Gasteiger partial charge in [-0.3, -0.25) is 0 Å². The summed E-state index contributed by atoms with van der Waals surface area (Å²) in [5.74, 6) is 0. The van der Waals surface area contributed by atoms with Gasteiger partial charge in [-0.05, 0) is 49.9 Å². The zero-order valence-corrected chi connectivity index (χ0v) is 10.3. The molecule has 0 aromatic heterocycles. The third kappa shape index (κ3) is 2.50. The van der Waals surface area contributed by atoms with Crippen LogP contribution in [0.2, 0.25) is 5.02 Å². The van der Waals surface area contributed by atoms with Gasteiger partial charge in [0.1, 0.15) is 0 Å². The van der Waals surface area contributed by atoms with Crippen LogP contribution in [0.15, 0.2) is 18.2 Å². The summed E-state index contributed by atoms with van der Waals surface area (Å²) >= 11 is 6.25. The van der Waals surface area contributed by atoms with Gasteiger partial charge in [0.25, 0.3) is 0 Å². The molecule has 2 nitrogen and oxygen atoms in total. The fourth-order valence-corrected chi connectivity index (χ4v) is 2.63. The first-order chi connectivity index (χ1) is 7.83. The van der Waals surface area contributed by atoms with Crippen LogP contribution in [0.5, 0.6) is 0 Å². The van der Waals surface area contributed by atoms with Crippen molar-refractivity contribution in [1.82, 2.24) is 0 Å². The number of benzene rings is 1. The van der Waals surface area contributed by atoms with Crippen molar-refractivity contribution in [1.29, 1.82) is 0 Å². The maximum Gasteiger partial charge on any atom is 0.0459 e. The van der Waals surface area contributed by atoms with Crippen LogP contribution in [0.4, 0.5) is 5.69 Å². The summed E-state index contributed by atoms with van der Waals surface area (Å²) in [4.78, 5) is 2.44. The molecule has 0 amide bonds. The monoisotopic (exact) mass is 238 g/mol. The van der Waals surface area contributed by atoms with Crippen molar-refractivity contribution < 1.29 is 0 Å². The Morgan fingerprint density at radius 2 is 1.94 bits per heavy atom. The van der Waals surface area contributed by atoms with E-state index in [1.165, 1.54) is 30.5 Å². The molecule has 3 heteroatoms. The number of rotatable bonds is 3. The molecule has 0 bridgehead atoms. The van der Waals surface area contributed by atoms with Gasteiger partial charge in [-0.25, -0.2) is 0 Å². The van der Waals surface area contributed by atoms with Gasteiger partial charge in [-0.1, -0.05) is 17.7 Å². The first kappa shape index (κ1) is 11.7. The topological polar surface area (TPSA) is 29.3 Å². The Balaban J connectivity index is 2.27. The molecule has 1 aliphatic heterocycles. The molecule has 1 fully saturated rings. The van der Waals surface area contributed by atoms with Gasteiger partial charge in [-0.2, -0.15) is 0 Å². The highest BCUT2D eigenvalue weighted by Gasteiger charge is 2.15. The summed E-state index contributed by atoms with van der Waals surface area (Å²) in [6.07, 6.45) is 4.79. The molecule has 0 spiro atoms. The lowest BCUT2D eigenvalue weighted by atomic mass is 10.1. The van der Waals surface area contributed by atoms with Crippen LogP contribution in [-0.4, -0.2) is 19.6 Å². The Morgan fingerprint density at radius 3 is 2.62 bits per heavy atom. The Labute approximate surface area is 102 Å². The van der Waals surface area contributed by atoms with Crippen molar-refractivity contribution in [2.24, 2.45) is 5.73 Å². The first-order valence-corrected chi connectivity index (χ1v) is 6.43. The molecule has 0 radical (unpaired) electrons. The van der Waals surface area contributed by atoms with Crippen LogP contribution in [0, 0.1) is 0 Å². The Kier molecular flexibility index (Phi) is 4.08. The summed E-state index contributed by atoms with van der Waals surface area (Å²) < 4.78 is 0. The summed E-state index contributed by atoms with van der Waals surface area (Å²) in [6, 6.07) is 6.16. The van der Waals surface area contributed by atoms with Crippen molar-refractivity contribution in [3.8, 4) is 0 Å². The van der Waals surface area contributed by atoms with Crippen LogP contribution in [0.3, 0.4) is 0 Å². The number of hydrogen-bond donors (Lipinski definition) is 1. The first-order valence-electron chi connectivity index (χ1n) is 6.05. The average Bonchev–Trinajstić information content (AvgIpc) is 2.33. The molecule has 0 saturated carbocycles. The van der Waals surface area contributed by atoms with Gasteiger partial charge in [0.2, 0.25) is 0 Å². The van der Waals surface area contributed by atoms with E-state index in [2.05, 4.69) is 11.0 Å². The van der Waals surface area contributed by atoms with Gasteiger partial charge >= 0.3 is 0 Å². The normalized spacial score (nSPS) is 16.5. The lowest BCUT2D eigenvalue weighted by Gasteiger charge is -2.31. The Bertz CT molecular complexity index is 346. The molecule has 0 atom stereocenters. The number of piperidine rings is 1. The summed E-state index contributed by atoms with van der Waals surface area (Å²) in [5.41, 5.74) is 8.16. The quantitative estimate of drug-likeness (QED) is 0.878. The van der Waals surface area contributed by atoms with E-state index in [-0.39, 0.29) is 0 Å². The van der Waals surface area contributed by atoms with E-state index in [9.17, 15) is 0 Å². The van der Waals surface area contributed by atoms with Crippen LogP contribution in [0.1, 0.15) is 24.8 Å². The van der Waals surface area contributed by atoms with E-state index in [0.29, 0.717) is 6.54 Å². The molecular weight excluding hydrogens is 220 g/mol. The molecule has 2 rings (SSSR count). The highest BCUT2D eigenvalue weighted by atomic mass is 35.5. The van der Waals surface area contributed by atoms with Crippen molar-refractivity contribution in [2.45, 2.75) is 25.7 Å². The third-order valence-corrected chi connectivity index (χ3v) is 3.54. The van der Waals surface area contributed by atoms with Crippen LogP contribution >= 0.6 is 11.6 Å². The van der Waals surface area contributed by atoms with Crippen LogP contribution in [-0.2, 0) is 6.42 Å². The smallest absolute Gasteiger partial charge is 0.0459 e. The summed E-state index contributed by atoms with van der Waals surface area (Å²) in [6.45, 7) is 2.96. The van der Waals surface area contributed by atoms with E-state index in [0.717, 1.165) is 24.5 Å². The maximum atomic E-state index is 6.25. The molecule has 88 valence electrons.